The van der Waals surface area contributed by atoms with Gasteiger partial charge in [0, 0.05) is 25.6 Å². The summed E-state index contributed by atoms with van der Waals surface area (Å²) in [6, 6.07) is 54.5. The zero-order valence-corrected chi connectivity index (χ0v) is 26.6. The number of hydrogen-bond acceptors (Lipinski definition) is 1. The van der Waals surface area contributed by atoms with E-state index in [-0.39, 0.29) is 5.41 Å². The van der Waals surface area contributed by atoms with Crippen LogP contribution in [0.2, 0.25) is 0 Å². The molecule has 0 atom stereocenters. The fourth-order valence-electron chi connectivity index (χ4n) is 8.22. The van der Waals surface area contributed by atoms with Crippen molar-refractivity contribution in [2.24, 2.45) is 0 Å². The molecular weight excluding hydrogens is 573 g/mol. The maximum atomic E-state index is 2.50. The second kappa shape index (κ2) is 9.39. The highest BCUT2D eigenvalue weighted by atomic mass is 32.1. The predicted molar refractivity (Wildman–Crippen MR) is 200 cm³/mol. The molecule has 0 nitrogen and oxygen atoms in total. The number of fused-ring (bicyclic) bond motifs is 9. The highest BCUT2D eigenvalue weighted by Crippen LogP contribution is 2.53. The van der Waals surface area contributed by atoms with Gasteiger partial charge in [0.05, 0.1) is 0 Å². The number of benzene rings is 8. The molecule has 9 aromatic rings. The maximum Gasteiger partial charge on any atom is 0.0361 e. The first-order chi connectivity index (χ1) is 22.6. The molecule has 0 spiro atoms. The summed E-state index contributed by atoms with van der Waals surface area (Å²) in [5.41, 5.74) is 10.6. The summed E-state index contributed by atoms with van der Waals surface area (Å²) >= 11 is 1.92. The Labute approximate surface area is 272 Å². The predicted octanol–water partition coefficient (Wildman–Crippen LogP) is 13.2. The largest absolute Gasteiger partial charge is 0.135 e. The summed E-state index contributed by atoms with van der Waals surface area (Å²) in [4.78, 5) is 0. The van der Waals surface area contributed by atoms with Gasteiger partial charge in [-0.15, -0.1) is 11.3 Å². The molecule has 0 amide bonds. The van der Waals surface area contributed by atoms with Gasteiger partial charge < -0.3 is 0 Å². The van der Waals surface area contributed by atoms with Crippen LogP contribution in [0.3, 0.4) is 0 Å². The molecule has 0 unspecified atom stereocenters. The number of rotatable bonds is 2. The fourth-order valence-corrected chi connectivity index (χ4v) is 9.37. The van der Waals surface area contributed by atoms with Crippen molar-refractivity contribution in [3.8, 4) is 33.4 Å². The van der Waals surface area contributed by atoms with E-state index in [2.05, 4.69) is 159 Å². The molecule has 10 rings (SSSR count). The van der Waals surface area contributed by atoms with Gasteiger partial charge in [0.1, 0.15) is 0 Å². The van der Waals surface area contributed by atoms with E-state index in [1.54, 1.807) is 0 Å². The molecule has 1 aromatic heterocycles. The van der Waals surface area contributed by atoms with Crippen LogP contribution in [-0.2, 0) is 5.41 Å². The molecule has 46 heavy (non-hydrogen) atoms. The van der Waals surface area contributed by atoms with Crippen molar-refractivity contribution in [2.75, 3.05) is 0 Å². The van der Waals surface area contributed by atoms with E-state index in [0.29, 0.717) is 0 Å². The standard InChI is InChI=1S/C45H30S/c1-45(2)39-21-20-30(44-33-18-10-8-16-31(33)43(27-12-4-3-5-13-27)32-17-9-11-19-34(32)44)23-35(39)36-26-42-38(25-40(36)45)37-22-28-14-6-7-15-29(28)24-41(37)46-42/h3-26H,1-2H3. The molecule has 216 valence electrons. The molecule has 0 bridgehead atoms. The van der Waals surface area contributed by atoms with Gasteiger partial charge in [-0.2, -0.15) is 0 Å². The Kier molecular flexibility index (Phi) is 5.31. The van der Waals surface area contributed by atoms with Gasteiger partial charge in [0.15, 0.2) is 0 Å². The molecule has 0 saturated heterocycles. The lowest BCUT2D eigenvalue weighted by atomic mass is 9.81. The third-order valence-electron chi connectivity index (χ3n) is 10.4. The van der Waals surface area contributed by atoms with Crippen molar-refractivity contribution < 1.29 is 0 Å². The summed E-state index contributed by atoms with van der Waals surface area (Å²) < 4.78 is 2.72. The summed E-state index contributed by atoms with van der Waals surface area (Å²) in [5.74, 6) is 0. The smallest absolute Gasteiger partial charge is 0.0361 e. The molecule has 0 aliphatic heterocycles. The van der Waals surface area contributed by atoms with Gasteiger partial charge >= 0.3 is 0 Å². The van der Waals surface area contributed by atoms with Crippen LogP contribution in [-0.4, -0.2) is 0 Å². The van der Waals surface area contributed by atoms with E-state index < -0.39 is 0 Å². The van der Waals surface area contributed by atoms with Crippen LogP contribution in [0, 0.1) is 0 Å². The fraction of sp³-hybridized carbons (Fsp3) is 0.0667. The molecule has 1 aliphatic rings. The Hall–Kier alpha value is -5.24. The highest BCUT2D eigenvalue weighted by molar-refractivity contribution is 7.26. The molecule has 0 saturated carbocycles. The quantitative estimate of drug-likeness (QED) is 0.173. The van der Waals surface area contributed by atoms with Gasteiger partial charge in [-0.3, -0.25) is 0 Å². The minimum absolute atomic E-state index is 0.0796. The minimum Gasteiger partial charge on any atom is -0.135 e. The van der Waals surface area contributed by atoms with Crippen LogP contribution < -0.4 is 0 Å². The van der Waals surface area contributed by atoms with Gasteiger partial charge in [0.2, 0.25) is 0 Å². The first-order valence-corrected chi connectivity index (χ1v) is 16.9. The van der Waals surface area contributed by atoms with Crippen molar-refractivity contribution >= 4 is 63.8 Å². The number of hydrogen-bond donors (Lipinski definition) is 0. The lowest BCUT2D eigenvalue weighted by molar-refractivity contribution is 0.661. The molecule has 0 radical (unpaired) electrons. The van der Waals surface area contributed by atoms with Crippen LogP contribution in [0.15, 0.2) is 146 Å². The Morgan fingerprint density at radius 3 is 1.59 bits per heavy atom. The third kappa shape index (κ3) is 3.55. The monoisotopic (exact) mass is 602 g/mol. The summed E-state index contributed by atoms with van der Waals surface area (Å²) in [7, 11) is 0. The lowest BCUT2D eigenvalue weighted by Gasteiger charge is -2.22. The number of thiophene rings is 1. The van der Waals surface area contributed by atoms with Crippen LogP contribution in [0.25, 0.3) is 85.9 Å². The maximum absolute atomic E-state index is 2.50. The zero-order chi connectivity index (χ0) is 30.6. The minimum atomic E-state index is -0.0796. The highest BCUT2D eigenvalue weighted by Gasteiger charge is 2.36. The lowest BCUT2D eigenvalue weighted by Crippen LogP contribution is -2.14. The van der Waals surface area contributed by atoms with Crippen LogP contribution >= 0.6 is 11.3 Å². The summed E-state index contributed by atoms with van der Waals surface area (Å²) in [6.45, 7) is 4.79. The van der Waals surface area contributed by atoms with Crippen LogP contribution in [0.5, 0.6) is 0 Å². The van der Waals surface area contributed by atoms with E-state index in [1.165, 1.54) is 97.0 Å². The van der Waals surface area contributed by atoms with Crippen molar-refractivity contribution in [3.63, 3.8) is 0 Å². The Morgan fingerprint density at radius 1 is 0.391 bits per heavy atom. The Balaban J connectivity index is 1.24. The normalized spacial score (nSPS) is 13.6. The zero-order valence-electron chi connectivity index (χ0n) is 25.8. The van der Waals surface area contributed by atoms with E-state index >= 15 is 0 Å². The average Bonchev–Trinajstić information content (AvgIpc) is 3.55. The van der Waals surface area contributed by atoms with Crippen molar-refractivity contribution in [1.82, 2.24) is 0 Å². The molecular formula is C45H30S. The van der Waals surface area contributed by atoms with Crippen molar-refractivity contribution in [1.29, 1.82) is 0 Å². The van der Waals surface area contributed by atoms with Crippen LogP contribution in [0.4, 0.5) is 0 Å². The molecule has 1 heteroatoms. The van der Waals surface area contributed by atoms with Crippen molar-refractivity contribution in [3.05, 3.63) is 157 Å². The third-order valence-corrected chi connectivity index (χ3v) is 11.5. The molecule has 1 aliphatic carbocycles. The van der Waals surface area contributed by atoms with Gasteiger partial charge in [0.25, 0.3) is 0 Å². The van der Waals surface area contributed by atoms with Gasteiger partial charge in [-0.05, 0) is 107 Å². The van der Waals surface area contributed by atoms with E-state index in [4.69, 9.17) is 0 Å². The molecule has 0 N–H and O–H groups in total. The molecule has 0 fully saturated rings. The van der Waals surface area contributed by atoms with E-state index in [0.717, 1.165) is 0 Å². The van der Waals surface area contributed by atoms with Crippen molar-refractivity contribution in [2.45, 2.75) is 19.3 Å². The summed E-state index contributed by atoms with van der Waals surface area (Å²) in [5, 5.41) is 10.5. The topological polar surface area (TPSA) is 0 Å². The van der Waals surface area contributed by atoms with Gasteiger partial charge in [-0.25, -0.2) is 0 Å². The Bertz CT molecular complexity index is 2650. The van der Waals surface area contributed by atoms with E-state index in [9.17, 15) is 0 Å². The second-order valence-electron chi connectivity index (χ2n) is 13.3. The van der Waals surface area contributed by atoms with Gasteiger partial charge in [-0.1, -0.05) is 129 Å². The first-order valence-electron chi connectivity index (χ1n) is 16.1. The van der Waals surface area contributed by atoms with Crippen LogP contribution in [0.1, 0.15) is 25.0 Å². The summed E-state index contributed by atoms with van der Waals surface area (Å²) in [6.07, 6.45) is 0. The van der Waals surface area contributed by atoms with E-state index in [1.807, 2.05) is 11.3 Å². The SMILES string of the molecule is CC1(C)c2ccc(-c3c4ccccc4c(-c4ccccc4)c4ccccc34)cc2-c2cc3sc4cc5ccccc5cc4c3cc21. The average molecular weight is 603 g/mol. The molecule has 1 heterocycles. The Morgan fingerprint density at radius 2 is 0.913 bits per heavy atom. The molecule has 8 aromatic carbocycles. The second-order valence-corrected chi connectivity index (χ2v) is 14.4. The first kappa shape index (κ1) is 26.0.